The first-order chi connectivity index (χ1) is 12.6. The molecule has 7 heteroatoms. The second-order valence-electron chi connectivity index (χ2n) is 7.40. The van der Waals surface area contributed by atoms with Crippen LogP contribution in [0.5, 0.6) is 0 Å². The van der Waals surface area contributed by atoms with Crippen LogP contribution in [0.25, 0.3) is 0 Å². The van der Waals surface area contributed by atoms with E-state index in [9.17, 15) is 14.0 Å². The lowest BCUT2D eigenvalue weighted by molar-refractivity contribution is 0.0241. The van der Waals surface area contributed by atoms with Crippen LogP contribution in [0.15, 0.2) is 40.9 Å². The van der Waals surface area contributed by atoms with Crippen LogP contribution in [0.1, 0.15) is 42.3 Å². The SMILES string of the molecule is CC(C)(C)OC(=O)N1Cc2ccc(NC(=O)c3ccc(Br)c(F)c3)cc2C1. The highest BCUT2D eigenvalue weighted by Crippen LogP contribution is 2.27. The molecule has 2 aromatic rings. The minimum atomic E-state index is -0.551. The molecule has 0 spiro atoms. The maximum absolute atomic E-state index is 13.6. The van der Waals surface area contributed by atoms with Crippen LogP contribution >= 0.6 is 15.9 Å². The van der Waals surface area contributed by atoms with Gasteiger partial charge in [-0.3, -0.25) is 9.69 Å². The van der Waals surface area contributed by atoms with Crippen LogP contribution in [0.3, 0.4) is 0 Å². The Labute approximate surface area is 165 Å². The smallest absolute Gasteiger partial charge is 0.410 e. The lowest BCUT2D eigenvalue weighted by Gasteiger charge is -2.24. The lowest BCUT2D eigenvalue weighted by atomic mass is 10.1. The van der Waals surface area contributed by atoms with Crippen molar-refractivity contribution in [3.63, 3.8) is 0 Å². The van der Waals surface area contributed by atoms with Gasteiger partial charge in [-0.1, -0.05) is 6.07 Å². The standard InChI is InChI=1S/C20H20BrFN2O3/c1-20(2,3)27-19(26)24-10-13-4-6-15(8-14(13)11-24)23-18(25)12-5-7-16(21)17(22)9-12/h4-9H,10-11H2,1-3H3,(H,23,25). The van der Waals surface area contributed by atoms with Gasteiger partial charge in [0, 0.05) is 24.3 Å². The highest BCUT2D eigenvalue weighted by molar-refractivity contribution is 9.10. The summed E-state index contributed by atoms with van der Waals surface area (Å²) in [4.78, 5) is 26.2. The zero-order valence-electron chi connectivity index (χ0n) is 15.3. The van der Waals surface area contributed by atoms with Crippen LogP contribution in [0, 0.1) is 5.82 Å². The fraction of sp³-hybridized carbons (Fsp3) is 0.300. The van der Waals surface area contributed by atoms with E-state index in [2.05, 4.69) is 21.2 Å². The Morgan fingerprint density at radius 1 is 1.11 bits per heavy atom. The number of hydrogen-bond acceptors (Lipinski definition) is 3. The number of halogens is 2. The van der Waals surface area contributed by atoms with E-state index in [-0.39, 0.29) is 11.7 Å². The third-order valence-electron chi connectivity index (χ3n) is 4.02. The van der Waals surface area contributed by atoms with E-state index in [1.54, 1.807) is 17.0 Å². The van der Waals surface area contributed by atoms with Crippen LogP contribution < -0.4 is 5.32 Å². The first-order valence-electron chi connectivity index (χ1n) is 8.48. The van der Waals surface area contributed by atoms with Crippen molar-refractivity contribution in [3.8, 4) is 0 Å². The molecule has 0 radical (unpaired) electrons. The number of carbonyl (C=O) groups excluding carboxylic acids is 2. The molecule has 0 aliphatic carbocycles. The van der Waals surface area contributed by atoms with Crippen molar-refractivity contribution < 1.29 is 18.7 Å². The molecule has 1 heterocycles. The quantitative estimate of drug-likeness (QED) is 0.715. The average Bonchev–Trinajstić information content (AvgIpc) is 2.99. The van der Waals surface area contributed by atoms with E-state index in [4.69, 9.17) is 4.74 Å². The fourth-order valence-electron chi connectivity index (χ4n) is 2.77. The zero-order chi connectivity index (χ0) is 19.8. The number of rotatable bonds is 2. The predicted octanol–water partition coefficient (Wildman–Crippen LogP) is 5.09. The first kappa shape index (κ1) is 19.4. The molecule has 27 heavy (non-hydrogen) atoms. The molecule has 1 N–H and O–H groups in total. The average molecular weight is 435 g/mol. The summed E-state index contributed by atoms with van der Waals surface area (Å²) in [7, 11) is 0. The van der Waals surface area contributed by atoms with Crippen molar-refractivity contribution in [2.24, 2.45) is 0 Å². The molecule has 142 valence electrons. The topological polar surface area (TPSA) is 58.6 Å². The molecule has 1 aliphatic rings. The van der Waals surface area contributed by atoms with Gasteiger partial charge >= 0.3 is 6.09 Å². The highest BCUT2D eigenvalue weighted by atomic mass is 79.9. The van der Waals surface area contributed by atoms with Crippen LogP contribution in [0.2, 0.25) is 0 Å². The van der Waals surface area contributed by atoms with Crippen molar-refractivity contribution >= 4 is 33.6 Å². The molecule has 0 unspecified atom stereocenters. The third-order valence-corrected chi connectivity index (χ3v) is 4.66. The number of nitrogens with zero attached hydrogens (tertiary/aromatic N) is 1. The normalized spacial score (nSPS) is 13.3. The molecule has 0 aromatic heterocycles. The van der Waals surface area contributed by atoms with Gasteiger partial charge in [-0.05, 0) is 78.2 Å². The summed E-state index contributed by atoms with van der Waals surface area (Å²) in [5.74, 6) is -0.895. The Hall–Kier alpha value is -2.41. The molecule has 0 saturated carbocycles. The Bertz CT molecular complexity index is 909. The molecule has 0 saturated heterocycles. The van der Waals surface area contributed by atoms with Gasteiger partial charge < -0.3 is 10.1 Å². The maximum atomic E-state index is 13.6. The highest BCUT2D eigenvalue weighted by Gasteiger charge is 2.28. The van der Waals surface area contributed by atoms with E-state index < -0.39 is 17.3 Å². The molecule has 0 fully saturated rings. The monoisotopic (exact) mass is 434 g/mol. The summed E-state index contributed by atoms with van der Waals surface area (Å²) >= 11 is 3.07. The van der Waals surface area contributed by atoms with Gasteiger partial charge in [-0.15, -0.1) is 0 Å². The van der Waals surface area contributed by atoms with Gasteiger partial charge in [0.1, 0.15) is 11.4 Å². The number of ether oxygens (including phenoxy) is 1. The largest absolute Gasteiger partial charge is 0.444 e. The van der Waals surface area contributed by atoms with Crippen molar-refractivity contribution in [2.75, 3.05) is 5.32 Å². The van der Waals surface area contributed by atoms with Crippen molar-refractivity contribution in [3.05, 3.63) is 63.4 Å². The molecular weight excluding hydrogens is 415 g/mol. The fourth-order valence-corrected chi connectivity index (χ4v) is 3.02. The molecular formula is C20H20BrFN2O3. The Morgan fingerprint density at radius 2 is 1.81 bits per heavy atom. The molecule has 1 aliphatic heterocycles. The molecule has 2 amide bonds. The van der Waals surface area contributed by atoms with Crippen LogP contribution in [-0.2, 0) is 17.8 Å². The summed E-state index contributed by atoms with van der Waals surface area (Å²) in [5, 5.41) is 2.76. The van der Waals surface area contributed by atoms with E-state index in [1.165, 1.54) is 12.1 Å². The predicted molar refractivity (Wildman–Crippen MR) is 104 cm³/mol. The minimum absolute atomic E-state index is 0.228. The first-order valence-corrected chi connectivity index (χ1v) is 9.28. The molecule has 3 rings (SSSR count). The summed E-state index contributed by atoms with van der Waals surface area (Å²) in [5.41, 5.74) is 2.22. The van der Waals surface area contributed by atoms with Crippen LogP contribution in [-0.4, -0.2) is 22.5 Å². The third kappa shape index (κ3) is 4.66. The van der Waals surface area contributed by atoms with E-state index >= 15 is 0 Å². The summed E-state index contributed by atoms with van der Waals surface area (Å²) in [6.07, 6.45) is -0.366. The van der Waals surface area contributed by atoms with Gasteiger partial charge in [-0.25, -0.2) is 9.18 Å². The second kappa shape index (κ2) is 7.31. The summed E-state index contributed by atoms with van der Waals surface area (Å²) in [6, 6.07) is 9.68. The van der Waals surface area contributed by atoms with E-state index in [0.717, 1.165) is 11.1 Å². The van der Waals surface area contributed by atoms with Gasteiger partial charge in [0.2, 0.25) is 0 Å². The lowest BCUT2D eigenvalue weighted by Crippen LogP contribution is -2.33. The van der Waals surface area contributed by atoms with Crippen molar-refractivity contribution in [2.45, 2.75) is 39.5 Å². The van der Waals surface area contributed by atoms with Gasteiger partial charge in [-0.2, -0.15) is 0 Å². The van der Waals surface area contributed by atoms with E-state index in [1.807, 2.05) is 32.9 Å². The number of nitrogens with one attached hydrogen (secondary N) is 1. The number of anilines is 1. The zero-order valence-corrected chi connectivity index (χ0v) is 16.9. The number of amides is 2. The minimum Gasteiger partial charge on any atom is -0.444 e. The molecule has 2 aromatic carbocycles. The van der Waals surface area contributed by atoms with Gasteiger partial charge in [0.25, 0.3) is 5.91 Å². The number of hydrogen-bond donors (Lipinski definition) is 1. The molecule has 5 nitrogen and oxygen atoms in total. The van der Waals surface area contributed by atoms with Gasteiger partial charge in [0.15, 0.2) is 0 Å². The Balaban J connectivity index is 1.69. The maximum Gasteiger partial charge on any atom is 0.410 e. The Kier molecular flexibility index (Phi) is 5.24. The molecule has 0 atom stereocenters. The van der Waals surface area contributed by atoms with Crippen molar-refractivity contribution in [1.82, 2.24) is 4.90 Å². The summed E-state index contributed by atoms with van der Waals surface area (Å²) in [6.45, 7) is 6.36. The number of benzene rings is 2. The number of fused-ring (bicyclic) bond motifs is 1. The van der Waals surface area contributed by atoms with Crippen LogP contribution in [0.4, 0.5) is 14.9 Å². The Morgan fingerprint density at radius 3 is 2.48 bits per heavy atom. The molecule has 0 bridgehead atoms. The second-order valence-corrected chi connectivity index (χ2v) is 8.26. The van der Waals surface area contributed by atoms with Gasteiger partial charge in [0.05, 0.1) is 4.47 Å². The summed E-state index contributed by atoms with van der Waals surface area (Å²) < 4.78 is 19.3. The van der Waals surface area contributed by atoms with Crippen molar-refractivity contribution in [1.29, 1.82) is 0 Å². The number of carbonyl (C=O) groups is 2. The van der Waals surface area contributed by atoms with E-state index in [0.29, 0.717) is 23.2 Å².